The lowest BCUT2D eigenvalue weighted by atomic mass is 10.1. The molecule has 5 heteroatoms. The van der Waals surface area contributed by atoms with Gasteiger partial charge in [0.05, 0.1) is 0 Å². The Morgan fingerprint density at radius 2 is 1.68 bits per heavy atom. The van der Waals surface area contributed by atoms with E-state index in [9.17, 15) is 18.0 Å². The Bertz CT molecular complexity index is 693. The van der Waals surface area contributed by atoms with Crippen molar-refractivity contribution in [3.05, 3.63) is 71.0 Å². The Hall–Kier alpha value is -2.30. The summed E-state index contributed by atoms with van der Waals surface area (Å²) in [6.45, 7) is 0.222. The molecule has 3 rings (SSSR count). The van der Waals surface area contributed by atoms with E-state index in [1.807, 2.05) is 0 Å². The second kappa shape index (κ2) is 5.83. The summed E-state index contributed by atoms with van der Waals surface area (Å²) in [6, 6.07) is 8.79. The van der Waals surface area contributed by atoms with E-state index in [1.54, 1.807) is 17.0 Å². The summed E-state index contributed by atoms with van der Waals surface area (Å²) in [5.74, 6) is -2.39. The van der Waals surface area contributed by atoms with Crippen LogP contribution in [0.2, 0.25) is 0 Å². The van der Waals surface area contributed by atoms with Crippen LogP contribution in [0.15, 0.2) is 42.5 Å². The molecule has 2 aromatic rings. The first-order valence-corrected chi connectivity index (χ1v) is 7.04. The molecule has 0 radical (unpaired) electrons. The number of nitrogens with zero attached hydrogens (tertiary/aromatic N) is 1. The smallest absolute Gasteiger partial charge is 0.254 e. The van der Waals surface area contributed by atoms with Gasteiger partial charge in [0, 0.05) is 24.2 Å². The van der Waals surface area contributed by atoms with Gasteiger partial charge in [-0.2, -0.15) is 0 Å². The second-order valence-electron chi connectivity index (χ2n) is 5.45. The Kier molecular flexibility index (Phi) is 3.88. The SMILES string of the molecule is O=C(c1cc(F)cc(F)c1)N(Cc1cccc(F)c1)C1CC1. The number of hydrogen-bond donors (Lipinski definition) is 0. The van der Waals surface area contributed by atoms with Crippen LogP contribution in [0.1, 0.15) is 28.8 Å². The number of carbonyl (C=O) groups excluding carboxylic acids is 1. The Labute approximate surface area is 126 Å². The van der Waals surface area contributed by atoms with Gasteiger partial charge in [-0.1, -0.05) is 12.1 Å². The number of halogens is 3. The van der Waals surface area contributed by atoms with Gasteiger partial charge < -0.3 is 4.90 Å². The van der Waals surface area contributed by atoms with Crippen molar-refractivity contribution in [1.82, 2.24) is 4.90 Å². The average Bonchev–Trinajstić information content (AvgIpc) is 3.27. The van der Waals surface area contributed by atoms with Crippen molar-refractivity contribution in [1.29, 1.82) is 0 Å². The predicted molar refractivity (Wildman–Crippen MR) is 75.7 cm³/mol. The lowest BCUT2D eigenvalue weighted by Gasteiger charge is -2.23. The van der Waals surface area contributed by atoms with Crippen LogP contribution in [-0.4, -0.2) is 16.8 Å². The lowest BCUT2D eigenvalue weighted by Crippen LogP contribution is -2.32. The highest BCUT2D eigenvalue weighted by Gasteiger charge is 2.33. The molecular formula is C17H14F3NO. The van der Waals surface area contributed by atoms with Crippen molar-refractivity contribution in [3.8, 4) is 0 Å². The standard InChI is InChI=1S/C17H14F3NO/c18-13-3-1-2-11(6-13)10-21(16-4-5-16)17(22)12-7-14(19)9-15(20)8-12/h1-3,6-9,16H,4-5,10H2. The van der Waals surface area contributed by atoms with Crippen molar-refractivity contribution in [2.75, 3.05) is 0 Å². The third-order valence-corrected chi connectivity index (χ3v) is 3.60. The van der Waals surface area contributed by atoms with Crippen molar-refractivity contribution < 1.29 is 18.0 Å². The van der Waals surface area contributed by atoms with Gasteiger partial charge in [0.1, 0.15) is 17.5 Å². The monoisotopic (exact) mass is 305 g/mol. The molecule has 2 nitrogen and oxygen atoms in total. The highest BCUT2D eigenvalue weighted by atomic mass is 19.1. The summed E-state index contributed by atoms with van der Waals surface area (Å²) in [7, 11) is 0. The first-order chi connectivity index (χ1) is 10.5. The third kappa shape index (κ3) is 3.30. The van der Waals surface area contributed by atoms with E-state index in [-0.39, 0.29) is 24.0 Å². The number of benzene rings is 2. The maximum absolute atomic E-state index is 13.3. The molecule has 2 aromatic carbocycles. The molecule has 1 saturated carbocycles. The predicted octanol–water partition coefficient (Wildman–Crippen LogP) is 3.91. The second-order valence-corrected chi connectivity index (χ2v) is 5.45. The molecule has 1 fully saturated rings. The van der Waals surface area contributed by atoms with Crippen LogP contribution in [0.5, 0.6) is 0 Å². The highest BCUT2D eigenvalue weighted by Crippen LogP contribution is 2.30. The molecule has 0 aromatic heterocycles. The normalized spacial score (nSPS) is 14.0. The van der Waals surface area contributed by atoms with Crippen LogP contribution >= 0.6 is 0 Å². The maximum atomic E-state index is 13.3. The highest BCUT2D eigenvalue weighted by molar-refractivity contribution is 5.94. The first-order valence-electron chi connectivity index (χ1n) is 7.04. The lowest BCUT2D eigenvalue weighted by molar-refractivity contribution is 0.0728. The van der Waals surface area contributed by atoms with Gasteiger partial charge in [-0.25, -0.2) is 13.2 Å². The van der Waals surface area contributed by atoms with E-state index in [0.29, 0.717) is 5.56 Å². The zero-order valence-corrected chi connectivity index (χ0v) is 11.7. The average molecular weight is 305 g/mol. The van der Waals surface area contributed by atoms with E-state index in [1.165, 1.54) is 12.1 Å². The molecule has 1 amide bonds. The molecule has 22 heavy (non-hydrogen) atoms. The van der Waals surface area contributed by atoms with Gasteiger partial charge in [-0.05, 0) is 42.7 Å². The molecule has 1 aliphatic carbocycles. The third-order valence-electron chi connectivity index (χ3n) is 3.60. The van der Waals surface area contributed by atoms with Crippen molar-refractivity contribution >= 4 is 5.91 Å². The topological polar surface area (TPSA) is 20.3 Å². The van der Waals surface area contributed by atoms with E-state index >= 15 is 0 Å². The van der Waals surface area contributed by atoms with Gasteiger partial charge in [-0.15, -0.1) is 0 Å². The van der Waals surface area contributed by atoms with Crippen LogP contribution in [0.4, 0.5) is 13.2 Å². The van der Waals surface area contributed by atoms with Gasteiger partial charge in [0.25, 0.3) is 5.91 Å². The van der Waals surface area contributed by atoms with Crippen molar-refractivity contribution in [2.45, 2.75) is 25.4 Å². The minimum absolute atomic E-state index is 0.0270. The summed E-state index contributed by atoms with van der Waals surface area (Å²) in [4.78, 5) is 14.1. The molecule has 0 N–H and O–H groups in total. The van der Waals surface area contributed by atoms with Crippen LogP contribution in [0.3, 0.4) is 0 Å². The first kappa shape index (κ1) is 14.6. The fraction of sp³-hybridized carbons (Fsp3) is 0.235. The molecule has 114 valence electrons. The summed E-state index contributed by atoms with van der Waals surface area (Å²) >= 11 is 0. The van der Waals surface area contributed by atoms with Gasteiger partial charge in [0.2, 0.25) is 0 Å². The van der Waals surface area contributed by atoms with Crippen LogP contribution < -0.4 is 0 Å². The maximum Gasteiger partial charge on any atom is 0.254 e. The van der Waals surface area contributed by atoms with Crippen molar-refractivity contribution in [3.63, 3.8) is 0 Å². The molecule has 0 unspecified atom stereocenters. The fourth-order valence-electron chi connectivity index (χ4n) is 2.43. The van der Waals surface area contributed by atoms with E-state index in [2.05, 4.69) is 0 Å². The number of rotatable bonds is 4. The molecular weight excluding hydrogens is 291 g/mol. The van der Waals surface area contributed by atoms with E-state index in [4.69, 9.17) is 0 Å². The van der Waals surface area contributed by atoms with Crippen molar-refractivity contribution in [2.24, 2.45) is 0 Å². The molecule has 0 aliphatic heterocycles. The Morgan fingerprint density at radius 3 is 2.27 bits per heavy atom. The minimum atomic E-state index is -0.787. The van der Waals surface area contributed by atoms with Crippen LogP contribution in [-0.2, 0) is 6.54 Å². The zero-order chi connectivity index (χ0) is 15.7. The molecule has 0 heterocycles. The van der Waals surface area contributed by atoms with Gasteiger partial charge in [0.15, 0.2) is 0 Å². The van der Waals surface area contributed by atoms with Crippen LogP contribution in [0.25, 0.3) is 0 Å². The van der Waals surface area contributed by atoms with E-state index < -0.39 is 17.5 Å². The Morgan fingerprint density at radius 1 is 1.00 bits per heavy atom. The number of carbonyl (C=O) groups is 1. The summed E-state index contributed by atoms with van der Waals surface area (Å²) in [5, 5.41) is 0. The largest absolute Gasteiger partial charge is 0.331 e. The molecule has 0 atom stereocenters. The summed E-state index contributed by atoms with van der Waals surface area (Å²) in [5.41, 5.74) is 0.623. The Balaban J connectivity index is 1.86. The van der Waals surface area contributed by atoms with Gasteiger partial charge >= 0.3 is 0 Å². The number of amides is 1. The van der Waals surface area contributed by atoms with E-state index in [0.717, 1.165) is 31.0 Å². The molecule has 0 saturated heterocycles. The quantitative estimate of drug-likeness (QED) is 0.838. The fourth-order valence-corrected chi connectivity index (χ4v) is 2.43. The molecule has 1 aliphatic rings. The molecule has 0 bridgehead atoms. The molecule has 0 spiro atoms. The van der Waals surface area contributed by atoms with Crippen LogP contribution in [0, 0.1) is 17.5 Å². The zero-order valence-electron chi connectivity index (χ0n) is 11.7. The minimum Gasteiger partial charge on any atom is -0.331 e. The van der Waals surface area contributed by atoms with Gasteiger partial charge in [-0.3, -0.25) is 4.79 Å². The number of hydrogen-bond acceptors (Lipinski definition) is 1. The summed E-state index contributed by atoms with van der Waals surface area (Å²) < 4.78 is 39.8. The summed E-state index contributed by atoms with van der Waals surface area (Å²) in [6.07, 6.45) is 1.69.